The van der Waals surface area contributed by atoms with Gasteiger partial charge in [0, 0.05) is 11.9 Å². The van der Waals surface area contributed by atoms with E-state index in [0.717, 1.165) is 6.92 Å². The van der Waals surface area contributed by atoms with Gasteiger partial charge in [0.1, 0.15) is 6.04 Å². The second-order valence-electron chi connectivity index (χ2n) is 4.27. The van der Waals surface area contributed by atoms with Gasteiger partial charge in [0.25, 0.3) is 0 Å². The highest BCUT2D eigenvalue weighted by Gasteiger charge is 2.26. The van der Waals surface area contributed by atoms with Gasteiger partial charge in [-0.15, -0.1) is 0 Å². The molecule has 1 atom stereocenters. The molecule has 0 spiro atoms. The molecule has 6 nitrogen and oxygen atoms in total. The molecule has 0 radical (unpaired) electrons. The monoisotopic (exact) mass is 319 g/mol. The third-order valence-corrected chi connectivity index (χ3v) is 4.26. The van der Waals surface area contributed by atoms with Crippen molar-refractivity contribution >= 4 is 33.3 Å². The van der Waals surface area contributed by atoms with E-state index in [9.17, 15) is 18.0 Å². The van der Waals surface area contributed by atoms with Crippen LogP contribution >= 0.6 is 11.6 Å². The van der Waals surface area contributed by atoms with Crippen LogP contribution in [0.1, 0.15) is 12.5 Å². The van der Waals surface area contributed by atoms with E-state index < -0.39 is 33.5 Å². The van der Waals surface area contributed by atoms with E-state index in [4.69, 9.17) is 16.7 Å². The zero-order valence-corrected chi connectivity index (χ0v) is 12.2. The van der Waals surface area contributed by atoms with Gasteiger partial charge in [0.2, 0.25) is 5.91 Å². The molecule has 0 aliphatic heterocycles. The highest BCUT2D eigenvalue weighted by atomic mass is 35.5. The Hall–Kier alpha value is -1.60. The standard InChI is InChI=1S/C12H14ClNO5S/c1-8(15)14-11(12(16)17)7-20(18,19)6-9-2-4-10(13)5-3-9/h2-5,11H,6-7H2,1H3,(H,14,15)(H,16,17)/t11-/m0/s1. The van der Waals surface area contributed by atoms with Gasteiger partial charge < -0.3 is 10.4 Å². The molecule has 0 aromatic heterocycles. The number of nitrogens with one attached hydrogen (secondary N) is 1. The third kappa shape index (κ3) is 5.58. The fraction of sp³-hybridized carbons (Fsp3) is 0.333. The first kappa shape index (κ1) is 16.5. The van der Waals surface area contributed by atoms with Crippen LogP contribution in [0.2, 0.25) is 5.02 Å². The smallest absolute Gasteiger partial charge is 0.327 e. The van der Waals surface area contributed by atoms with Crippen LogP contribution in [-0.2, 0) is 25.2 Å². The first-order valence-electron chi connectivity index (χ1n) is 5.64. The molecule has 0 unspecified atom stereocenters. The van der Waals surface area contributed by atoms with Crippen molar-refractivity contribution < 1.29 is 23.1 Å². The van der Waals surface area contributed by atoms with Crippen LogP contribution in [0.3, 0.4) is 0 Å². The van der Waals surface area contributed by atoms with Crippen LogP contribution in [0.4, 0.5) is 0 Å². The fourth-order valence-electron chi connectivity index (χ4n) is 1.57. The molecule has 1 amide bonds. The maximum atomic E-state index is 11.9. The number of sulfone groups is 1. The van der Waals surface area contributed by atoms with Gasteiger partial charge in [-0.3, -0.25) is 4.79 Å². The van der Waals surface area contributed by atoms with Crippen molar-refractivity contribution in [2.24, 2.45) is 0 Å². The second kappa shape index (κ2) is 6.71. The number of halogens is 1. The summed E-state index contributed by atoms with van der Waals surface area (Å²) in [5.74, 6) is -2.96. The van der Waals surface area contributed by atoms with Crippen molar-refractivity contribution in [3.8, 4) is 0 Å². The summed E-state index contributed by atoms with van der Waals surface area (Å²) in [6, 6.07) is 4.75. The van der Waals surface area contributed by atoms with Crippen LogP contribution in [-0.4, -0.2) is 37.2 Å². The fourth-order valence-corrected chi connectivity index (χ4v) is 3.25. The number of carboxylic acid groups (broad SMARTS) is 1. The van der Waals surface area contributed by atoms with Gasteiger partial charge in [-0.05, 0) is 17.7 Å². The molecule has 20 heavy (non-hydrogen) atoms. The number of rotatable bonds is 6. The summed E-state index contributed by atoms with van der Waals surface area (Å²) in [7, 11) is -3.68. The van der Waals surface area contributed by atoms with Crippen molar-refractivity contribution in [1.82, 2.24) is 5.32 Å². The average molecular weight is 320 g/mol. The Kier molecular flexibility index (Phi) is 5.52. The lowest BCUT2D eigenvalue weighted by atomic mass is 10.2. The second-order valence-corrected chi connectivity index (χ2v) is 6.82. The Morgan fingerprint density at radius 3 is 2.30 bits per heavy atom. The zero-order chi connectivity index (χ0) is 15.3. The maximum Gasteiger partial charge on any atom is 0.327 e. The number of carboxylic acids is 1. The quantitative estimate of drug-likeness (QED) is 0.809. The molecular formula is C12H14ClNO5S. The summed E-state index contributed by atoms with van der Waals surface area (Å²) >= 11 is 5.69. The lowest BCUT2D eigenvalue weighted by molar-refractivity contribution is -0.140. The normalized spacial score (nSPS) is 12.7. The lowest BCUT2D eigenvalue weighted by Gasteiger charge is -2.13. The zero-order valence-electron chi connectivity index (χ0n) is 10.7. The molecule has 1 aromatic rings. The van der Waals surface area contributed by atoms with Crippen LogP contribution < -0.4 is 5.32 Å². The number of aliphatic carboxylic acids is 1. The van der Waals surface area contributed by atoms with E-state index in [1.807, 2.05) is 0 Å². The van der Waals surface area contributed by atoms with Crippen LogP contribution in [0.15, 0.2) is 24.3 Å². The van der Waals surface area contributed by atoms with Gasteiger partial charge in [-0.2, -0.15) is 0 Å². The van der Waals surface area contributed by atoms with Gasteiger partial charge >= 0.3 is 5.97 Å². The van der Waals surface area contributed by atoms with Crippen molar-refractivity contribution in [3.05, 3.63) is 34.9 Å². The average Bonchev–Trinajstić information content (AvgIpc) is 2.30. The van der Waals surface area contributed by atoms with E-state index in [-0.39, 0.29) is 5.75 Å². The Bertz CT molecular complexity index is 597. The SMILES string of the molecule is CC(=O)N[C@@H](CS(=O)(=O)Cc1ccc(Cl)cc1)C(=O)O. The van der Waals surface area contributed by atoms with Crippen molar-refractivity contribution in [2.75, 3.05) is 5.75 Å². The minimum absolute atomic E-state index is 0.312. The molecule has 8 heteroatoms. The van der Waals surface area contributed by atoms with Gasteiger partial charge in [-0.1, -0.05) is 23.7 Å². The summed E-state index contributed by atoms with van der Waals surface area (Å²) in [4.78, 5) is 21.8. The van der Waals surface area contributed by atoms with E-state index in [0.29, 0.717) is 10.6 Å². The Morgan fingerprint density at radius 1 is 1.30 bits per heavy atom. The summed E-state index contributed by atoms with van der Waals surface area (Å²) in [6.07, 6.45) is 0. The molecule has 0 bridgehead atoms. The maximum absolute atomic E-state index is 11.9. The number of hydrogen-bond donors (Lipinski definition) is 2. The molecule has 2 N–H and O–H groups in total. The van der Waals surface area contributed by atoms with Crippen molar-refractivity contribution in [2.45, 2.75) is 18.7 Å². The minimum Gasteiger partial charge on any atom is -0.480 e. The summed E-state index contributed by atoms with van der Waals surface area (Å²) < 4.78 is 23.9. The van der Waals surface area contributed by atoms with Gasteiger partial charge in [0.05, 0.1) is 11.5 Å². The molecule has 0 aliphatic rings. The van der Waals surface area contributed by atoms with Gasteiger partial charge in [0.15, 0.2) is 9.84 Å². The predicted octanol–water partition coefficient (Wildman–Crippen LogP) is 0.844. The number of benzene rings is 1. The van der Waals surface area contributed by atoms with Crippen molar-refractivity contribution in [3.63, 3.8) is 0 Å². The number of carbonyl (C=O) groups excluding carboxylic acids is 1. The predicted molar refractivity (Wildman–Crippen MR) is 74.2 cm³/mol. The molecule has 0 saturated carbocycles. The van der Waals surface area contributed by atoms with Crippen LogP contribution in [0.5, 0.6) is 0 Å². The highest BCUT2D eigenvalue weighted by Crippen LogP contribution is 2.13. The molecular weight excluding hydrogens is 306 g/mol. The Morgan fingerprint density at radius 2 is 1.85 bits per heavy atom. The molecule has 0 heterocycles. The molecule has 110 valence electrons. The Labute approximate surface area is 121 Å². The summed E-state index contributed by atoms with van der Waals surface area (Å²) in [5.41, 5.74) is 0.501. The number of hydrogen-bond acceptors (Lipinski definition) is 4. The summed E-state index contributed by atoms with van der Waals surface area (Å²) in [5, 5.41) is 11.5. The van der Waals surface area contributed by atoms with Crippen LogP contribution in [0, 0.1) is 0 Å². The van der Waals surface area contributed by atoms with Gasteiger partial charge in [-0.25, -0.2) is 13.2 Å². The molecule has 0 fully saturated rings. The first-order chi connectivity index (χ1) is 9.19. The molecule has 0 aliphatic carbocycles. The Balaban J connectivity index is 2.79. The van der Waals surface area contributed by atoms with E-state index in [1.54, 1.807) is 24.3 Å². The molecule has 1 rings (SSSR count). The van der Waals surface area contributed by atoms with E-state index >= 15 is 0 Å². The van der Waals surface area contributed by atoms with E-state index in [1.165, 1.54) is 0 Å². The van der Waals surface area contributed by atoms with Crippen LogP contribution in [0.25, 0.3) is 0 Å². The third-order valence-electron chi connectivity index (χ3n) is 2.40. The number of carbonyl (C=O) groups is 2. The first-order valence-corrected chi connectivity index (χ1v) is 7.84. The lowest BCUT2D eigenvalue weighted by Crippen LogP contribution is -2.44. The number of amides is 1. The topological polar surface area (TPSA) is 101 Å². The highest BCUT2D eigenvalue weighted by molar-refractivity contribution is 7.90. The largest absolute Gasteiger partial charge is 0.480 e. The molecule has 1 aromatic carbocycles. The summed E-state index contributed by atoms with van der Waals surface area (Å²) in [6.45, 7) is 1.13. The van der Waals surface area contributed by atoms with E-state index in [2.05, 4.69) is 5.32 Å². The molecule has 0 saturated heterocycles. The van der Waals surface area contributed by atoms with Crippen molar-refractivity contribution in [1.29, 1.82) is 0 Å². The minimum atomic E-state index is -3.68.